The van der Waals surface area contributed by atoms with Gasteiger partial charge in [0, 0.05) is 11.3 Å². The lowest BCUT2D eigenvalue weighted by Gasteiger charge is -2.06. The fourth-order valence-corrected chi connectivity index (χ4v) is 2.82. The van der Waals surface area contributed by atoms with Crippen LogP contribution in [0.5, 0.6) is 0 Å². The molecule has 0 atom stereocenters. The molecule has 0 amide bonds. The topological polar surface area (TPSA) is 54.5 Å². The quantitative estimate of drug-likeness (QED) is 0.744. The van der Waals surface area contributed by atoms with Gasteiger partial charge in [0.15, 0.2) is 5.69 Å². The highest BCUT2D eigenvalue weighted by Gasteiger charge is 2.14. The van der Waals surface area contributed by atoms with E-state index in [4.69, 9.17) is 5.26 Å². The molecule has 4 nitrogen and oxygen atoms in total. The summed E-state index contributed by atoms with van der Waals surface area (Å²) in [7, 11) is 0. The minimum atomic E-state index is -0.284. The maximum absolute atomic E-state index is 13.3. The van der Waals surface area contributed by atoms with Crippen LogP contribution in [0.15, 0.2) is 41.8 Å². The number of benzene rings is 1. The van der Waals surface area contributed by atoms with Crippen LogP contribution in [-0.2, 0) is 13.0 Å². The van der Waals surface area contributed by atoms with E-state index >= 15 is 0 Å². The van der Waals surface area contributed by atoms with Gasteiger partial charge in [-0.25, -0.2) is 9.07 Å². The number of rotatable bonds is 4. The van der Waals surface area contributed by atoms with Crippen LogP contribution in [0, 0.1) is 17.1 Å². The van der Waals surface area contributed by atoms with Gasteiger partial charge in [0.1, 0.15) is 11.9 Å². The molecule has 0 aliphatic rings. The number of thiophene rings is 1. The minimum absolute atomic E-state index is 0.284. The molecule has 1 aromatic carbocycles. The fourth-order valence-electron chi connectivity index (χ4n) is 2.11. The maximum Gasteiger partial charge on any atom is 0.186 e. The number of hydrogen-bond acceptors (Lipinski definition) is 4. The molecule has 0 unspecified atom stereocenters. The van der Waals surface area contributed by atoms with Crippen LogP contribution >= 0.6 is 11.3 Å². The Morgan fingerprint density at radius 3 is 2.90 bits per heavy atom. The Morgan fingerprint density at radius 1 is 1.29 bits per heavy atom. The third kappa shape index (κ3) is 2.98. The van der Waals surface area contributed by atoms with E-state index in [9.17, 15) is 4.39 Å². The van der Waals surface area contributed by atoms with E-state index in [-0.39, 0.29) is 5.82 Å². The molecule has 6 heteroatoms. The fraction of sp³-hybridized carbons (Fsp3) is 0.133. The lowest BCUT2D eigenvalue weighted by Crippen LogP contribution is -2.07. The maximum atomic E-state index is 13.3. The molecule has 104 valence electrons. The van der Waals surface area contributed by atoms with E-state index < -0.39 is 0 Å². The summed E-state index contributed by atoms with van der Waals surface area (Å²) >= 11 is 1.62. The molecule has 0 N–H and O–H groups in total. The zero-order chi connectivity index (χ0) is 14.7. The summed E-state index contributed by atoms with van der Waals surface area (Å²) in [5, 5.41) is 19.1. The summed E-state index contributed by atoms with van der Waals surface area (Å²) in [4.78, 5) is 1.13. The van der Waals surface area contributed by atoms with Gasteiger partial charge < -0.3 is 0 Å². The standard InChI is InChI=1S/C15H11FN4S/c16-12-4-1-3-11(7-12)10-20-15(14(9-17)18-19-20)8-13-5-2-6-21-13/h1-7H,8,10H2. The van der Waals surface area contributed by atoms with Crippen molar-refractivity contribution in [1.82, 2.24) is 15.0 Å². The van der Waals surface area contributed by atoms with Crippen LogP contribution < -0.4 is 0 Å². The van der Waals surface area contributed by atoms with Crippen molar-refractivity contribution in [3.05, 3.63) is 69.4 Å². The van der Waals surface area contributed by atoms with Crippen molar-refractivity contribution < 1.29 is 4.39 Å². The van der Waals surface area contributed by atoms with Crippen molar-refractivity contribution in [3.63, 3.8) is 0 Å². The zero-order valence-electron chi connectivity index (χ0n) is 11.0. The predicted octanol–water partition coefficient (Wildman–Crippen LogP) is 2.99. The average molecular weight is 298 g/mol. The minimum Gasteiger partial charge on any atom is -0.243 e. The molecule has 0 aliphatic heterocycles. The lowest BCUT2D eigenvalue weighted by molar-refractivity contribution is 0.606. The van der Waals surface area contributed by atoms with Gasteiger partial charge in [0.05, 0.1) is 12.2 Å². The van der Waals surface area contributed by atoms with Crippen molar-refractivity contribution in [2.45, 2.75) is 13.0 Å². The molecule has 0 saturated carbocycles. The number of aromatic nitrogens is 3. The Kier molecular flexibility index (Phi) is 3.75. The molecular weight excluding hydrogens is 287 g/mol. The SMILES string of the molecule is N#Cc1nnn(Cc2cccc(F)c2)c1Cc1cccs1. The molecule has 3 aromatic rings. The lowest BCUT2D eigenvalue weighted by atomic mass is 10.2. The number of hydrogen-bond donors (Lipinski definition) is 0. The molecule has 0 radical (unpaired) electrons. The van der Waals surface area contributed by atoms with Crippen LogP contribution in [0.1, 0.15) is 21.8 Å². The summed E-state index contributed by atoms with van der Waals surface area (Å²) < 4.78 is 14.9. The van der Waals surface area contributed by atoms with Crippen LogP contribution in [0.3, 0.4) is 0 Å². The number of halogens is 1. The van der Waals surface area contributed by atoms with Crippen molar-refractivity contribution in [3.8, 4) is 6.07 Å². The average Bonchev–Trinajstić information content (AvgIpc) is 3.10. The van der Waals surface area contributed by atoms with Gasteiger partial charge in [-0.1, -0.05) is 23.4 Å². The largest absolute Gasteiger partial charge is 0.243 e. The summed E-state index contributed by atoms with van der Waals surface area (Å²) in [6.07, 6.45) is 0.600. The van der Waals surface area contributed by atoms with Gasteiger partial charge in [-0.2, -0.15) is 5.26 Å². The summed E-state index contributed by atoms with van der Waals surface area (Å²) in [5.41, 5.74) is 1.86. The van der Waals surface area contributed by atoms with Crippen LogP contribution in [0.25, 0.3) is 0 Å². The summed E-state index contributed by atoms with van der Waals surface area (Å²) in [6.45, 7) is 0.396. The van der Waals surface area contributed by atoms with E-state index in [1.807, 2.05) is 23.6 Å². The zero-order valence-corrected chi connectivity index (χ0v) is 11.8. The first-order chi connectivity index (χ1) is 10.3. The Balaban J connectivity index is 1.92. The van der Waals surface area contributed by atoms with Crippen LogP contribution in [-0.4, -0.2) is 15.0 Å². The second-order valence-corrected chi connectivity index (χ2v) is 5.57. The van der Waals surface area contributed by atoms with Gasteiger partial charge in [0.2, 0.25) is 0 Å². The first-order valence-corrected chi connectivity index (χ1v) is 7.23. The summed E-state index contributed by atoms with van der Waals surface area (Å²) in [6, 6.07) is 12.4. The van der Waals surface area contributed by atoms with Crippen molar-refractivity contribution in [2.24, 2.45) is 0 Å². The van der Waals surface area contributed by atoms with E-state index in [1.165, 1.54) is 12.1 Å². The highest BCUT2D eigenvalue weighted by atomic mass is 32.1. The molecule has 0 spiro atoms. The van der Waals surface area contributed by atoms with Crippen LogP contribution in [0.4, 0.5) is 4.39 Å². The predicted molar refractivity (Wildman–Crippen MR) is 77.4 cm³/mol. The molecule has 21 heavy (non-hydrogen) atoms. The Morgan fingerprint density at radius 2 is 2.19 bits per heavy atom. The second kappa shape index (κ2) is 5.85. The molecule has 0 fully saturated rings. The van der Waals surface area contributed by atoms with Gasteiger partial charge in [-0.3, -0.25) is 0 Å². The van der Waals surface area contributed by atoms with Crippen molar-refractivity contribution in [1.29, 1.82) is 5.26 Å². The smallest absolute Gasteiger partial charge is 0.186 e. The van der Waals surface area contributed by atoms with E-state index in [1.54, 1.807) is 22.1 Å². The Hall–Kier alpha value is -2.52. The van der Waals surface area contributed by atoms with Gasteiger partial charge in [0.25, 0.3) is 0 Å². The van der Waals surface area contributed by atoms with Crippen LogP contribution in [0.2, 0.25) is 0 Å². The van der Waals surface area contributed by atoms with E-state index in [2.05, 4.69) is 16.4 Å². The highest BCUT2D eigenvalue weighted by molar-refractivity contribution is 7.09. The Bertz CT molecular complexity index is 786. The molecule has 2 heterocycles. The van der Waals surface area contributed by atoms with E-state index in [0.29, 0.717) is 18.7 Å². The molecule has 2 aromatic heterocycles. The molecule has 3 rings (SSSR count). The number of nitrogens with zero attached hydrogens (tertiary/aromatic N) is 4. The normalized spacial score (nSPS) is 10.5. The molecule has 0 saturated heterocycles. The van der Waals surface area contributed by atoms with Crippen molar-refractivity contribution >= 4 is 11.3 Å². The number of nitriles is 1. The molecule has 0 bridgehead atoms. The first kappa shape index (κ1) is 13.5. The third-order valence-electron chi connectivity index (χ3n) is 3.09. The van der Waals surface area contributed by atoms with Gasteiger partial charge in [-0.05, 0) is 29.1 Å². The monoisotopic (exact) mass is 298 g/mol. The Labute approximate surface area is 125 Å². The molecular formula is C15H11FN4S. The van der Waals surface area contributed by atoms with Gasteiger partial charge >= 0.3 is 0 Å². The second-order valence-electron chi connectivity index (χ2n) is 4.54. The molecule has 0 aliphatic carbocycles. The first-order valence-electron chi connectivity index (χ1n) is 6.35. The highest BCUT2D eigenvalue weighted by Crippen LogP contribution is 2.17. The van der Waals surface area contributed by atoms with E-state index in [0.717, 1.165) is 16.1 Å². The third-order valence-corrected chi connectivity index (χ3v) is 3.96. The van der Waals surface area contributed by atoms with Gasteiger partial charge in [-0.15, -0.1) is 16.4 Å². The summed E-state index contributed by atoms with van der Waals surface area (Å²) in [5.74, 6) is -0.284. The van der Waals surface area contributed by atoms with Crippen molar-refractivity contribution in [2.75, 3.05) is 0 Å².